The number of likely N-dealkylation sites (tertiary alicyclic amines) is 1. The van der Waals surface area contributed by atoms with Crippen LogP contribution in [0.25, 0.3) is 0 Å². The maximum Gasteiger partial charge on any atom is 0.242 e. The lowest BCUT2D eigenvalue weighted by atomic mass is 10.0. The van der Waals surface area contributed by atoms with Crippen LogP contribution in [0.15, 0.2) is 18.2 Å². The molecule has 2 aliphatic heterocycles. The van der Waals surface area contributed by atoms with Crippen molar-refractivity contribution in [2.45, 2.75) is 25.6 Å². The number of piperidine rings is 1. The van der Waals surface area contributed by atoms with Crippen molar-refractivity contribution in [1.29, 1.82) is 0 Å². The Bertz CT molecular complexity index is 646. The third-order valence-corrected chi connectivity index (χ3v) is 4.57. The van der Waals surface area contributed by atoms with Gasteiger partial charge >= 0.3 is 0 Å². The summed E-state index contributed by atoms with van der Waals surface area (Å²) in [5.74, 6) is -3.35. The van der Waals surface area contributed by atoms with Crippen LogP contribution < -0.4 is 4.90 Å². The molecular weight excluding hydrogens is 334 g/mol. The molecule has 2 amide bonds. The number of rotatable bonds is 3. The summed E-state index contributed by atoms with van der Waals surface area (Å²) in [6, 6.07) is 3.32. The van der Waals surface area contributed by atoms with Gasteiger partial charge in [-0.2, -0.15) is 0 Å². The van der Waals surface area contributed by atoms with Crippen molar-refractivity contribution >= 4 is 17.5 Å². The van der Waals surface area contributed by atoms with Gasteiger partial charge in [-0.25, -0.2) is 8.78 Å². The number of amides is 2. The average Bonchev–Trinajstić information content (AvgIpc) is 3.02. The van der Waals surface area contributed by atoms with Crippen molar-refractivity contribution in [3.8, 4) is 0 Å². The van der Waals surface area contributed by atoms with Crippen LogP contribution in [0.3, 0.4) is 0 Å². The Morgan fingerprint density at radius 3 is 2.24 bits per heavy atom. The molecule has 2 aliphatic rings. The van der Waals surface area contributed by atoms with E-state index in [-0.39, 0.29) is 5.91 Å². The number of nitrogens with zero attached hydrogens (tertiary/aromatic N) is 2. The summed E-state index contributed by atoms with van der Waals surface area (Å²) in [4.78, 5) is 26.8. The molecule has 0 bridgehead atoms. The van der Waals surface area contributed by atoms with Gasteiger partial charge in [0.25, 0.3) is 0 Å². The van der Waals surface area contributed by atoms with Gasteiger partial charge < -0.3 is 14.4 Å². The van der Waals surface area contributed by atoms with E-state index in [0.29, 0.717) is 39.1 Å². The molecule has 1 aromatic carbocycles. The number of para-hydroxylation sites is 1. The van der Waals surface area contributed by atoms with Crippen LogP contribution in [0.1, 0.15) is 19.8 Å². The Labute approximate surface area is 144 Å². The SMILES string of the molecule is CC(=O)N(CC(=O)N1CCC2(CC1)OCCO2)c1c(F)cccc1F. The number of carbonyl (C=O) groups excluding carboxylic acids is 2. The van der Waals surface area contributed by atoms with Gasteiger partial charge in [0, 0.05) is 32.9 Å². The molecule has 0 atom stereocenters. The van der Waals surface area contributed by atoms with Crippen LogP contribution >= 0.6 is 0 Å². The van der Waals surface area contributed by atoms with Crippen LogP contribution in [0, 0.1) is 11.6 Å². The number of halogens is 2. The van der Waals surface area contributed by atoms with Crippen LogP contribution in [0.4, 0.5) is 14.5 Å². The van der Waals surface area contributed by atoms with Gasteiger partial charge in [0.05, 0.1) is 13.2 Å². The minimum absolute atomic E-state index is 0.370. The Morgan fingerprint density at radius 2 is 1.72 bits per heavy atom. The average molecular weight is 354 g/mol. The maximum absolute atomic E-state index is 14.0. The molecule has 0 N–H and O–H groups in total. The second-order valence-electron chi connectivity index (χ2n) is 6.16. The lowest BCUT2D eigenvalue weighted by Gasteiger charge is -2.38. The molecule has 2 fully saturated rings. The van der Waals surface area contributed by atoms with Crippen LogP contribution in [0.5, 0.6) is 0 Å². The van der Waals surface area contributed by atoms with Crippen molar-refractivity contribution in [2.75, 3.05) is 37.7 Å². The van der Waals surface area contributed by atoms with Crippen molar-refractivity contribution in [3.05, 3.63) is 29.8 Å². The third kappa shape index (κ3) is 3.64. The zero-order chi connectivity index (χ0) is 18.0. The number of benzene rings is 1. The van der Waals surface area contributed by atoms with Crippen molar-refractivity contribution in [1.82, 2.24) is 4.90 Å². The molecule has 6 nitrogen and oxygen atoms in total. The van der Waals surface area contributed by atoms with E-state index in [4.69, 9.17) is 9.47 Å². The van der Waals surface area contributed by atoms with Gasteiger partial charge in [-0.05, 0) is 12.1 Å². The number of carbonyl (C=O) groups is 2. The fourth-order valence-electron chi connectivity index (χ4n) is 3.21. The van der Waals surface area contributed by atoms with E-state index in [2.05, 4.69) is 0 Å². The predicted molar refractivity (Wildman–Crippen MR) is 84.8 cm³/mol. The van der Waals surface area contributed by atoms with Gasteiger partial charge in [-0.3, -0.25) is 14.5 Å². The first kappa shape index (κ1) is 17.8. The number of hydrogen-bond acceptors (Lipinski definition) is 4. The molecule has 2 saturated heterocycles. The molecule has 25 heavy (non-hydrogen) atoms. The monoisotopic (exact) mass is 354 g/mol. The topological polar surface area (TPSA) is 59.1 Å². The van der Waals surface area contributed by atoms with Gasteiger partial charge in [-0.15, -0.1) is 0 Å². The minimum Gasteiger partial charge on any atom is -0.347 e. The Kier molecular flexibility index (Phi) is 5.01. The second-order valence-corrected chi connectivity index (χ2v) is 6.16. The van der Waals surface area contributed by atoms with Crippen LogP contribution in [0.2, 0.25) is 0 Å². The fraction of sp³-hybridized carbons (Fsp3) is 0.529. The maximum atomic E-state index is 14.0. The van der Waals surface area contributed by atoms with Gasteiger partial charge in [0.15, 0.2) is 5.79 Å². The van der Waals surface area contributed by atoms with Crippen molar-refractivity contribution < 1.29 is 27.8 Å². The number of hydrogen-bond donors (Lipinski definition) is 0. The molecule has 1 aromatic rings. The molecular formula is C17H20F2N2O4. The molecule has 0 unspecified atom stereocenters. The largest absolute Gasteiger partial charge is 0.347 e. The van der Waals surface area contributed by atoms with E-state index in [1.807, 2.05) is 0 Å². The van der Waals surface area contributed by atoms with E-state index < -0.39 is 35.6 Å². The molecule has 136 valence electrons. The van der Waals surface area contributed by atoms with E-state index in [9.17, 15) is 18.4 Å². The van der Waals surface area contributed by atoms with Crippen molar-refractivity contribution in [2.24, 2.45) is 0 Å². The molecule has 0 aromatic heterocycles. The Morgan fingerprint density at radius 1 is 1.16 bits per heavy atom. The molecule has 1 spiro atoms. The van der Waals surface area contributed by atoms with E-state index in [1.54, 1.807) is 4.90 Å². The lowest BCUT2D eigenvalue weighted by molar-refractivity contribution is -0.187. The summed E-state index contributed by atoms with van der Waals surface area (Å²) in [7, 11) is 0. The highest BCUT2D eigenvalue weighted by Crippen LogP contribution is 2.31. The highest BCUT2D eigenvalue weighted by Gasteiger charge is 2.41. The Balaban J connectivity index is 1.69. The first-order valence-electron chi connectivity index (χ1n) is 8.20. The highest BCUT2D eigenvalue weighted by atomic mass is 19.1. The summed E-state index contributed by atoms with van der Waals surface area (Å²) >= 11 is 0. The molecule has 0 aliphatic carbocycles. The smallest absolute Gasteiger partial charge is 0.242 e. The minimum atomic E-state index is -0.881. The summed E-state index contributed by atoms with van der Waals surface area (Å²) < 4.78 is 39.1. The standard InChI is InChI=1S/C17H20F2N2O4/c1-12(22)21(16-13(18)3-2-4-14(16)19)11-15(23)20-7-5-17(6-8-20)24-9-10-25-17/h2-4H,5-11H2,1H3. The van der Waals surface area contributed by atoms with Gasteiger partial charge in [0.2, 0.25) is 11.8 Å². The summed E-state index contributed by atoms with van der Waals surface area (Å²) in [6.07, 6.45) is 1.07. The molecule has 2 heterocycles. The first-order valence-corrected chi connectivity index (χ1v) is 8.20. The predicted octanol–water partition coefficient (Wildman–Crippen LogP) is 1.68. The summed E-state index contributed by atoms with van der Waals surface area (Å²) in [5, 5.41) is 0. The highest BCUT2D eigenvalue weighted by molar-refractivity contribution is 5.97. The second kappa shape index (κ2) is 7.05. The Hall–Kier alpha value is -2.06. The molecule has 0 radical (unpaired) electrons. The van der Waals surface area contributed by atoms with E-state index >= 15 is 0 Å². The number of ether oxygens (including phenoxy) is 2. The molecule has 3 rings (SSSR count). The number of anilines is 1. The quantitative estimate of drug-likeness (QED) is 0.829. The lowest BCUT2D eigenvalue weighted by Crippen LogP contribution is -2.50. The first-order chi connectivity index (χ1) is 11.9. The van der Waals surface area contributed by atoms with Crippen LogP contribution in [-0.2, 0) is 19.1 Å². The zero-order valence-corrected chi connectivity index (χ0v) is 14.0. The zero-order valence-electron chi connectivity index (χ0n) is 14.0. The van der Waals surface area contributed by atoms with Gasteiger partial charge in [-0.1, -0.05) is 6.07 Å². The molecule has 8 heteroatoms. The fourth-order valence-corrected chi connectivity index (χ4v) is 3.21. The van der Waals surface area contributed by atoms with E-state index in [0.717, 1.165) is 17.0 Å². The van der Waals surface area contributed by atoms with Crippen molar-refractivity contribution in [3.63, 3.8) is 0 Å². The normalized spacial score (nSPS) is 19.2. The summed E-state index contributed by atoms with van der Waals surface area (Å²) in [6.45, 7) is 2.65. The van der Waals surface area contributed by atoms with E-state index in [1.165, 1.54) is 13.0 Å². The van der Waals surface area contributed by atoms with Crippen LogP contribution in [-0.4, -0.2) is 55.3 Å². The summed E-state index contributed by atoms with van der Waals surface area (Å²) in [5.41, 5.74) is -0.501. The third-order valence-electron chi connectivity index (χ3n) is 4.57. The molecule has 0 saturated carbocycles. The van der Waals surface area contributed by atoms with Gasteiger partial charge in [0.1, 0.15) is 23.9 Å².